The summed E-state index contributed by atoms with van der Waals surface area (Å²) in [6.07, 6.45) is 4.48. The summed E-state index contributed by atoms with van der Waals surface area (Å²) in [4.78, 5) is 7.16. The predicted octanol–water partition coefficient (Wildman–Crippen LogP) is 4.85. The number of piperidine rings is 1. The van der Waals surface area contributed by atoms with Crippen molar-refractivity contribution in [3.05, 3.63) is 36.0 Å². The fraction of sp³-hybridized carbons (Fsp3) is 0.500. The van der Waals surface area contributed by atoms with E-state index in [9.17, 15) is 0 Å². The number of pyridine rings is 1. The van der Waals surface area contributed by atoms with E-state index in [2.05, 4.69) is 43.0 Å². The second-order valence-corrected chi connectivity index (χ2v) is 6.62. The summed E-state index contributed by atoms with van der Waals surface area (Å²) in [5.41, 5.74) is 1.12. The van der Waals surface area contributed by atoms with Gasteiger partial charge in [0.1, 0.15) is 5.82 Å². The van der Waals surface area contributed by atoms with Crippen LogP contribution in [0.2, 0.25) is 0 Å². The molecule has 1 aromatic heterocycles. The highest BCUT2D eigenvalue weighted by Gasteiger charge is 2.23. The largest absolute Gasteiger partial charge is 0.356 e. The van der Waals surface area contributed by atoms with Gasteiger partial charge >= 0.3 is 0 Å². The highest BCUT2D eigenvalue weighted by Crippen LogP contribution is 2.32. The Morgan fingerprint density at radius 1 is 1.19 bits per heavy atom. The van der Waals surface area contributed by atoms with Crippen LogP contribution in [0.1, 0.15) is 32.3 Å². The number of benzene rings is 1. The van der Waals surface area contributed by atoms with Crippen molar-refractivity contribution in [1.29, 1.82) is 0 Å². The third kappa shape index (κ3) is 2.87. The molecule has 3 heteroatoms. The lowest BCUT2D eigenvalue weighted by Gasteiger charge is -2.35. The summed E-state index contributed by atoms with van der Waals surface area (Å²) >= 11 is 6.04. The maximum absolute atomic E-state index is 6.04. The maximum Gasteiger partial charge on any atom is 0.136 e. The van der Waals surface area contributed by atoms with Crippen LogP contribution in [0, 0.1) is 11.8 Å². The Kier molecular flexibility index (Phi) is 4.34. The number of hydrogen-bond donors (Lipinski definition) is 0. The number of rotatable bonds is 3. The van der Waals surface area contributed by atoms with Gasteiger partial charge in [0, 0.05) is 30.6 Å². The Morgan fingerprint density at radius 3 is 2.48 bits per heavy atom. The fourth-order valence-electron chi connectivity index (χ4n) is 3.37. The van der Waals surface area contributed by atoms with Gasteiger partial charge in [0.05, 0.1) is 0 Å². The van der Waals surface area contributed by atoms with Crippen molar-refractivity contribution in [1.82, 2.24) is 4.98 Å². The minimum absolute atomic E-state index is 0.517. The molecule has 1 aliphatic heterocycles. The van der Waals surface area contributed by atoms with Crippen LogP contribution in [0.25, 0.3) is 10.8 Å². The van der Waals surface area contributed by atoms with Crippen LogP contribution in [0.3, 0.4) is 0 Å². The molecule has 1 aliphatic rings. The van der Waals surface area contributed by atoms with Gasteiger partial charge in [0.2, 0.25) is 0 Å². The molecule has 2 heterocycles. The van der Waals surface area contributed by atoms with E-state index in [4.69, 9.17) is 16.6 Å². The summed E-state index contributed by atoms with van der Waals surface area (Å²) in [5.74, 6) is 3.29. The molecule has 21 heavy (non-hydrogen) atoms. The molecule has 0 spiro atoms. The Balaban J connectivity index is 1.92. The monoisotopic (exact) mass is 302 g/mol. The lowest BCUT2D eigenvalue weighted by molar-refractivity contribution is 0.311. The maximum atomic E-state index is 6.04. The first-order valence-corrected chi connectivity index (χ1v) is 8.41. The second-order valence-electron chi connectivity index (χ2n) is 6.35. The standard InChI is InChI=1S/C18H23ClN2/c1-13(2)14-7-9-21(10-8-14)18-17-6-4-3-5-16(17)15(11-19)12-20-18/h3-6,12-14H,7-11H2,1-2H3. The van der Waals surface area contributed by atoms with Crippen LogP contribution in [0.4, 0.5) is 5.82 Å². The predicted molar refractivity (Wildman–Crippen MR) is 91.1 cm³/mol. The number of aromatic nitrogens is 1. The average Bonchev–Trinajstić information content (AvgIpc) is 2.54. The molecule has 2 aromatic rings. The van der Waals surface area contributed by atoms with Gasteiger partial charge in [-0.15, -0.1) is 11.6 Å². The van der Waals surface area contributed by atoms with Crippen molar-refractivity contribution in [2.24, 2.45) is 11.8 Å². The van der Waals surface area contributed by atoms with Gasteiger partial charge in [-0.1, -0.05) is 38.1 Å². The van der Waals surface area contributed by atoms with Crippen LogP contribution in [0.5, 0.6) is 0 Å². The topological polar surface area (TPSA) is 16.1 Å². The molecule has 0 aliphatic carbocycles. The van der Waals surface area contributed by atoms with Crippen LogP contribution in [0.15, 0.2) is 30.5 Å². The van der Waals surface area contributed by atoms with Crippen molar-refractivity contribution in [3.63, 3.8) is 0 Å². The first-order chi connectivity index (χ1) is 10.2. The summed E-state index contributed by atoms with van der Waals surface area (Å²) in [5, 5.41) is 2.47. The lowest BCUT2D eigenvalue weighted by Crippen LogP contribution is -2.35. The van der Waals surface area contributed by atoms with E-state index >= 15 is 0 Å². The van der Waals surface area contributed by atoms with E-state index in [0.717, 1.165) is 36.3 Å². The van der Waals surface area contributed by atoms with Gasteiger partial charge in [0.25, 0.3) is 0 Å². The Morgan fingerprint density at radius 2 is 1.86 bits per heavy atom. The van der Waals surface area contributed by atoms with E-state index in [1.807, 2.05) is 6.20 Å². The first kappa shape index (κ1) is 14.6. The zero-order valence-electron chi connectivity index (χ0n) is 12.8. The molecule has 0 unspecified atom stereocenters. The van der Waals surface area contributed by atoms with E-state index in [-0.39, 0.29) is 0 Å². The van der Waals surface area contributed by atoms with Gasteiger partial charge in [-0.2, -0.15) is 0 Å². The Bertz CT molecular complexity index is 616. The van der Waals surface area contributed by atoms with Crippen LogP contribution in [-0.2, 0) is 5.88 Å². The molecule has 0 N–H and O–H groups in total. The number of nitrogens with zero attached hydrogens (tertiary/aromatic N) is 2. The molecular formula is C18H23ClN2. The number of halogens is 1. The van der Waals surface area contributed by atoms with Gasteiger partial charge in [-0.3, -0.25) is 0 Å². The number of alkyl halides is 1. The first-order valence-electron chi connectivity index (χ1n) is 7.88. The molecule has 1 aromatic carbocycles. The highest BCUT2D eigenvalue weighted by atomic mass is 35.5. The second kappa shape index (κ2) is 6.23. The molecule has 0 atom stereocenters. The van der Waals surface area contributed by atoms with Crippen molar-refractivity contribution in [3.8, 4) is 0 Å². The van der Waals surface area contributed by atoms with E-state index in [1.54, 1.807) is 0 Å². The third-order valence-corrected chi connectivity index (χ3v) is 5.07. The van der Waals surface area contributed by atoms with Gasteiger partial charge in [-0.05, 0) is 35.6 Å². The van der Waals surface area contributed by atoms with E-state index < -0.39 is 0 Å². The molecule has 0 radical (unpaired) electrons. The number of hydrogen-bond acceptors (Lipinski definition) is 2. The van der Waals surface area contributed by atoms with Gasteiger partial charge in [0.15, 0.2) is 0 Å². The summed E-state index contributed by atoms with van der Waals surface area (Å²) in [6, 6.07) is 8.49. The molecule has 1 saturated heterocycles. The highest BCUT2D eigenvalue weighted by molar-refractivity contribution is 6.18. The van der Waals surface area contributed by atoms with Crippen molar-refractivity contribution < 1.29 is 0 Å². The van der Waals surface area contributed by atoms with Gasteiger partial charge in [-0.25, -0.2) is 4.98 Å². The fourth-order valence-corrected chi connectivity index (χ4v) is 3.59. The summed E-state index contributed by atoms with van der Waals surface area (Å²) in [7, 11) is 0. The van der Waals surface area contributed by atoms with Crippen LogP contribution >= 0.6 is 11.6 Å². The third-order valence-electron chi connectivity index (χ3n) is 4.78. The quantitative estimate of drug-likeness (QED) is 0.754. The van der Waals surface area contributed by atoms with E-state index in [0.29, 0.717) is 5.88 Å². The molecule has 2 nitrogen and oxygen atoms in total. The summed E-state index contributed by atoms with van der Waals surface area (Å²) < 4.78 is 0. The molecular weight excluding hydrogens is 280 g/mol. The Labute approximate surface area is 132 Å². The number of fused-ring (bicyclic) bond motifs is 1. The van der Waals surface area contributed by atoms with Crippen molar-refractivity contribution in [2.75, 3.05) is 18.0 Å². The van der Waals surface area contributed by atoms with E-state index in [1.165, 1.54) is 23.6 Å². The van der Waals surface area contributed by atoms with Crippen LogP contribution in [-0.4, -0.2) is 18.1 Å². The lowest BCUT2D eigenvalue weighted by atomic mass is 9.86. The molecule has 0 bridgehead atoms. The molecule has 3 rings (SSSR count). The zero-order valence-corrected chi connectivity index (χ0v) is 13.6. The SMILES string of the molecule is CC(C)C1CCN(c2ncc(CCl)c3ccccc23)CC1. The van der Waals surface area contributed by atoms with Gasteiger partial charge < -0.3 is 4.90 Å². The van der Waals surface area contributed by atoms with Crippen molar-refractivity contribution >= 4 is 28.2 Å². The normalized spacial score (nSPS) is 16.9. The summed E-state index contributed by atoms with van der Waals surface area (Å²) in [6.45, 7) is 6.90. The molecule has 112 valence electrons. The smallest absolute Gasteiger partial charge is 0.136 e. The molecule has 0 saturated carbocycles. The van der Waals surface area contributed by atoms with Crippen molar-refractivity contribution in [2.45, 2.75) is 32.6 Å². The Hall–Kier alpha value is -1.28. The molecule has 1 fully saturated rings. The molecule has 0 amide bonds. The zero-order chi connectivity index (χ0) is 14.8. The minimum Gasteiger partial charge on any atom is -0.356 e. The average molecular weight is 303 g/mol. The van der Waals surface area contributed by atoms with Crippen LogP contribution < -0.4 is 4.90 Å². The number of anilines is 1. The minimum atomic E-state index is 0.517.